The van der Waals surface area contributed by atoms with Crippen LogP contribution in [0.1, 0.15) is 25.0 Å². The lowest BCUT2D eigenvalue weighted by Crippen LogP contribution is -2.20. The predicted molar refractivity (Wildman–Crippen MR) is 77.2 cm³/mol. The molecule has 0 radical (unpaired) electrons. The molecule has 0 unspecified atom stereocenters. The van der Waals surface area contributed by atoms with E-state index in [9.17, 15) is 30.4 Å². The average Bonchev–Trinajstić information content (AvgIpc) is 2.47. The van der Waals surface area contributed by atoms with Crippen LogP contribution in [0, 0.1) is 20.2 Å². The van der Waals surface area contributed by atoms with Crippen LogP contribution in [-0.4, -0.2) is 9.85 Å². The van der Waals surface area contributed by atoms with Gasteiger partial charge < -0.3 is 10.2 Å². The number of nitrogens with zero attached hydrogens (tertiary/aromatic N) is 2. The van der Waals surface area contributed by atoms with E-state index in [2.05, 4.69) is 0 Å². The quantitative estimate of drug-likeness (QED) is 0.625. The fraction of sp³-hybridized carbons (Fsp3) is 0.200. The smallest absolute Gasteiger partial charge is 0.262 e. The summed E-state index contributed by atoms with van der Waals surface area (Å²) in [5.74, 6) is -1.43. The fourth-order valence-corrected chi connectivity index (χ4v) is 2.26. The first kappa shape index (κ1) is 16.2. The van der Waals surface area contributed by atoms with E-state index in [0.717, 1.165) is 24.3 Å². The van der Waals surface area contributed by atoms with Gasteiger partial charge in [0.25, 0.3) is 11.4 Å². The Morgan fingerprint density at radius 2 is 1.13 bits per heavy atom. The van der Waals surface area contributed by atoms with E-state index in [0.29, 0.717) is 11.1 Å². The van der Waals surface area contributed by atoms with Crippen molar-refractivity contribution in [3.05, 3.63) is 67.8 Å². The topological polar surface area (TPSA) is 132 Å². The first-order chi connectivity index (χ1) is 10.6. The number of nitro benzene ring substituents is 2. The molecule has 0 heterocycles. The highest BCUT2D eigenvalue weighted by molar-refractivity contribution is 5.54. The van der Waals surface area contributed by atoms with Crippen LogP contribution in [-0.2, 0) is 5.41 Å². The molecule has 8 heteroatoms. The zero-order chi connectivity index (χ0) is 17.4. The summed E-state index contributed by atoms with van der Waals surface area (Å²) in [6, 6.07) is 7.36. The molecule has 8 nitrogen and oxygen atoms in total. The Balaban J connectivity index is 2.58. The van der Waals surface area contributed by atoms with Crippen molar-refractivity contribution in [1.82, 2.24) is 0 Å². The van der Waals surface area contributed by atoms with Crippen molar-refractivity contribution < 1.29 is 20.1 Å². The lowest BCUT2D eigenvalue weighted by Gasteiger charge is -2.27. The molecule has 0 amide bonds. The summed E-state index contributed by atoms with van der Waals surface area (Å²) in [4.78, 5) is 20.3. The van der Waals surface area contributed by atoms with Crippen LogP contribution in [0.2, 0.25) is 0 Å². The average molecular weight is 316 g/mol. The Morgan fingerprint density at radius 3 is 1.43 bits per heavy atom. The molecule has 0 fully saturated rings. The number of benzene rings is 2. The number of hydrogen-bond acceptors (Lipinski definition) is 6. The Labute approximate surface area is 130 Å². The van der Waals surface area contributed by atoms with E-state index >= 15 is 0 Å². The van der Waals surface area contributed by atoms with E-state index in [1.54, 1.807) is 13.8 Å². The molecule has 0 bridgehead atoms. The summed E-state index contributed by atoms with van der Waals surface area (Å²) in [5.41, 5.74) is -1.11. The third-order valence-corrected chi connectivity index (χ3v) is 3.75. The lowest BCUT2D eigenvalue weighted by molar-refractivity contribution is -0.398. The largest absolute Gasteiger partial charge is 0.868 e. The standard InChI is InChI=1S/C15H14N2O6/c1-15(2,9-3-5-13(18)11(7-9)16(20)21)10-4-6-14(19)12(8-10)17(22)23/h3-8,18-19H,1-2H3/p-2. The summed E-state index contributed by atoms with van der Waals surface area (Å²) < 4.78 is 0. The first-order valence-electron chi connectivity index (χ1n) is 6.56. The lowest BCUT2D eigenvalue weighted by atomic mass is 9.78. The molecule has 0 aromatic heterocycles. The molecule has 0 N–H and O–H groups in total. The highest BCUT2D eigenvalue weighted by Gasteiger charge is 2.27. The van der Waals surface area contributed by atoms with Crippen LogP contribution < -0.4 is 10.2 Å². The molecular formula is C15H12N2O6-2. The molecule has 23 heavy (non-hydrogen) atoms. The molecule has 0 saturated carbocycles. The van der Waals surface area contributed by atoms with Crippen LogP contribution in [0.4, 0.5) is 11.4 Å². The van der Waals surface area contributed by atoms with Crippen molar-refractivity contribution in [2.75, 3.05) is 0 Å². The maximum Gasteiger partial charge on any atom is 0.262 e. The summed E-state index contributed by atoms with van der Waals surface area (Å²) in [6.45, 7) is 3.39. The van der Waals surface area contributed by atoms with Gasteiger partial charge >= 0.3 is 0 Å². The second-order valence-corrected chi connectivity index (χ2v) is 5.50. The maximum atomic E-state index is 11.5. The van der Waals surface area contributed by atoms with Gasteiger partial charge in [-0.2, -0.15) is 0 Å². The highest BCUT2D eigenvalue weighted by atomic mass is 16.6. The molecule has 120 valence electrons. The Morgan fingerprint density at radius 1 is 0.783 bits per heavy atom. The molecule has 2 rings (SSSR count). The predicted octanol–water partition coefficient (Wildman–Crippen LogP) is 1.98. The third-order valence-electron chi connectivity index (χ3n) is 3.75. The van der Waals surface area contributed by atoms with E-state index in [1.165, 1.54) is 12.1 Å². The Bertz CT molecular complexity index is 735. The van der Waals surface area contributed by atoms with Crippen molar-refractivity contribution in [3.63, 3.8) is 0 Å². The highest BCUT2D eigenvalue weighted by Crippen LogP contribution is 2.38. The van der Waals surface area contributed by atoms with Crippen LogP contribution in [0.5, 0.6) is 11.5 Å². The minimum Gasteiger partial charge on any atom is -0.868 e. The molecule has 0 aliphatic rings. The SMILES string of the molecule is CC(C)(c1ccc([O-])c([N+](=O)[O-])c1)c1ccc([O-])c([N+](=O)[O-])c1. The van der Waals surface area contributed by atoms with Gasteiger partial charge in [-0.05, 0) is 22.6 Å². The second kappa shape index (κ2) is 5.56. The van der Waals surface area contributed by atoms with Gasteiger partial charge in [0.05, 0.1) is 9.85 Å². The minimum atomic E-state index is -0.864. The zero-order valence-electron chi connectivity index (χ0n) is 12.3. The van der Waals surface area contributed by atoms with Crippen molar-refractivity contribution in [2.24, 2.45) is 0 Å². The molecule has 0 aliphatic carbocycles. The van der Waals surface area contributed by atoms with E-state index in [4.69, 9.17) is 0 Å². The van der Waals surface area contributed by atoms with Gasteiger partial charge in [0, 0.05) is 17.5 Å². The van der Waals surface area contributed by atoms with Crippen LogP contribution in [0.3, 0.4) is 0 Å². The Kier molecular flexibility index (Phi) is 3.92. The Hall–Kier alpha value is -3.16. The normalized spacial score (nSPS) is 11.2. The maximum absolute atomic E-state index is 11.5. The van der Waals surface area contributed by atoms with Gasteiger partial charge in [-0.3, -0.25) is 20.2 Å². The van der Waals surface area contributed by atoms with Gasteiger partial charge in [-0.1, -0.05) is 38.1 Å². The van der Waals surface area contributed by atoms with Crippen LogP contribution >= 0.6 is 0 Å². The van der Waals surface area contributed by atoms with E-state index < -0.39 is 38.1 Å². The van der Waals surface area contributed by atoms with Crippen molar-refractivity contribution in [1.29, 1.82) is 0 Å². The first-order valence-corrected chi connectivity index (χ1v) is 6.56. The minimum absolute atomic E-state index is 0.441. The fourth-order valence-electron chi connectivity index (χ4n) is 2.26. The van der Waals surface area contributed by atoms with Crippen LogP contribution in [0.15, 0.2) is 36.4 Å². The summed E-state index contributed by atoms with van der Waals surface area (Å²) >= 11 is 0. The van der Waals surface area contributed by atoms with Gasteiger partial charge in [-0.15, -0.1) is 0 Å². The molecular weight excluding hydrogens is 304 g/mol. The third kappa shape index (κ3) is 2.91. The van der Waals surface area contributed by atoms with Gasteiger partial charge in [0.1, 0.15) is 0 Å². The van der Waals surface area contributed by atoms with Gasteiger partial charge in [-0.25, -0.2) is 0 Å². The summed E-state index contributed by atoms with van der Waals surface area (Å²) in [6.07, 6.45) is 0. The monoisotopic (exact) mass is 316 g/mol. The number of rotatable bonds is 4. The molecule has 0 atom stereocenters. The number of hydrogen-bond donors (Lipinski definition) is 0. The molecule has 0 spiro atoms. The van der Waals surface area contributed by atoms with E-state index in [-0.39, 0.29) is 0 Å². The summed E-state index contributed by atoms with van der Waals surface area (Å²) in [5, 5.41) is 44.8. The van der Waals surface area contributed by atoms with Crippen molar-refractivity contribution in [2.45, 2.75) is 19.3 Å². The molecule has 0 aliphatic heterocycles. The molecule has 2 aromatic rings. The van der Waals surface area contributed by atoms with Crippen LogP contribution in [0.25, 0.3) is 0 Å². The van der Waals surface area contributed by atoms with Crippen molar-refractivity contribution in [3.8, 4) is 11.5 Å². The van der Waals surface area contributed by atoms with Gasteiger partial charge in [0.2, 0.25) is 0 Å². The van der Waals surface area contributed by atoms with E-state index in [1.807, 2.05) is 0 Å². The second-order valence-electron chi connectivity index (χ2n) is 5.50. The van der Waals surface area contributed by atoms with Gasteiger partial charge in [0.15, 0.2) is 0 Å². The number of nitro groups is 2. The molecule has 2 aromatic carbocycles. The summed E-state index contributed by atoms with van der Waals surface area (Å²) in [7, 11) is 0. The van der Waals surface area contributed by atoms with Crippen molar-refractivity contribution >= 4 is 11.4 Å². The zero-order valence-corrected chi connectivity index (χ0v) is 12.3. The molecule has 0 saturated heterocycles.